The minimum absolute atomic E-state index is 0.139. The smallest absolute Gasteiger partial charge is 0.408 e. The molecule has 1 amide bonds. The molecular formula is C20H16F5N5O2. The summed E-state index contributed by atoms with van der Waals surface area (Å²) in [5, 5.41) is 3.70. The Morgan fingerprint density at radius 3 is 2.62 bits per heavy atom. The van der Waals surface area contributed by atoms with Crippen LogP contribution in [0.2, 0.25) is 0 Å². The van der Waals surface area contributed by atoms with Crippen LogP contribution in [-0.4, -0.2) is 38.4 Å². The fourth-order valence-electron chi connectivity index (χ4n) is 3.66. The van der Waals surface area contributed by atoms with Gasteiger partial charge in [-0.1, -0.05) is 0 Å². The average Bonchev–Trinajstić information content (AvgIpc) is 3.22. The summed E-state index contributed by atoms with van der Waals surface area (Å²) in [6, 6.07) is 2.38. The second-order valence-corrected chi connectivity index (χ2v) is 7.23. The van der Waals surface area contributed by atoms with Crippen LogP contribution in [0.15, 0.2) is 36.9 Å². The highest BCUT2D eigenvalue weighted by molar-refractivity contribution is 6.11. The molecule has 0 saturated carbocycles. The SMILES string of the molecule is Cc1cc(-c2cncc(OC(F)F)c2)nc2c1C(=O)N(c1cnn(CC(F)(F)F)c1)[C@@H]2C. The first-order valence-electron chi connectivity index (χ1n) is 9.38. The molecule has 1 aliphatic rings. The van der Waals surface area contributed by atoms with Gasteiger partial charge in [-0.25, -0.2) is 4.98 Å². The molecule has 4 heterocycles. The van der Waals surface area contributed by atoms with Crippen molar-refractivity contribution in [2.45, 2.75) is 39.2 Å². The van der Waals surface area contributed by atoms with Crippen LogP contribution in [0.3, 0.4) is 0 Å². The van der Waals surface area contributed by atoms with Crippen molar-refractivity contribution in [3.63, 3.8) is 0 Å². The van der Waals surface area contributed by atoms with Crippen molar-refractivity contribution >= 4 is 11.6 Å². The van der Waals surface area contributed by atoms with E-state index in [2.05, 4.69) is 19.8 Å². The standard InChI is InChI=1S/C20H16F5N5O2/c1-10-3-15(12-4-14(7-26-5-12)32-19(21)22)28-17-11(2)30(18(31)16(10)17)13-6-27-29(8-13)9-20(23,24)25/h3-8,11,19H,9H2,1-2H3/t11-/m1/s1. The summed E-state index contributed by atoms with van der Waals surface area (Å²) in [6.45, 7) is -0.901. The Bertz CT molecular complexity index is 1180. The van der Waals surface area contributed by atoms with Crippen molar-refractivity contribution in [2.75, 3.05) is 4.90 Å². The lowest BCUT2D eigenvalue weighted by molar-refractivity contribution is -0.142. The predicted molar refractivity (Wildman–Crippen MR) is 102 cm³/mol. The summed E-state index contributed by atoms with van der Waals surface area (Å²) in [6.07, 6.45) is 0.461. The number of nitrogens with zero attached hydrogens (tertiary/aromatic N) is 5. The average molecular weight is 453 g/mol. The zero-order chi connectivity index (χ0) is 23.2. The number of anilines is 1. The van der Waals surface area contributed by atoms with Gasteiger partial charge < -0.3 is 4.74 Å². The Hall–Kier alpha value is -3.57. The lowest BCUT2D eigenvalue weighted by Gasteiger charge is -2.19. The van der Waals surface area contributed by atoms with E-state index < -0.39 is 31.3 Å². The van der Waals surface area contributed by atoms with E-state index in [4.69, 9.17) is 0 Å². The topological polar surface area (TPSA) is 73.1 Å². The molecule has 0 N–H and O–H groups in total. The lowest BCUT2D eigenvalue weighted by atomic mass is 10.0. The van der Waals surface area contributed by atoms with Gasteiger partial charge in [-0.3, -0.25) is 19.4 Å². The Balaban J connectivity index is 1.68. The molecule has 4 rings (SSSR count). The van der Waals surface area contributed by atoms with Crippen LogP contribution >= 0.6 is 0 Å². The maximum Gasteiger partial charge on any atom is 0.408 e. The minimum Gasteiger partial charge on any atom is -0.433 e. The molecule has 0 aromatic carbocycles. The van der Waals surface area contributed by atoms with Crippen LogP contribution < -0.4 is 9.64 Å². The Morgan fingerprint density at radius 2 is 1.94 bits per heavy atom. The third-order valence-corrected chi connectivity index (χ3v) is 4.93. The van der Waals surface area contributed by atoms with E-state index in [0.717, 1.165) is 12.4 Å². The molecule has 0 aliphatic carbocycles. The van der Waals surface area contributed by atoms with Crippen molar-refractivity contribution in [3.05, 3.63) is 53.7 Å². The second kappa shape index (κ2) is 7.84. The van der Waals surface area contributed by atoms with Crippen molar-refractivity contribution in [1.29, 1.82) is 0 Å². The molecular weight excluding hydrogens is 437 g/mol. The fourth-order valence-corrected chi connectivity index (χ4v) is 3.66. The van der Waals surface area contributed by atoms with E-state index in [0.29, 0.717) is 32.8 Å². The first-order chi connectivity index (χ1) is 15.0. The highest BCUT2D eigenvalue weighted by Crippen LogP contribution is 2.39. The van der Waals surface area contributed by atoms with Gasteiger partial charge in [-0.15, -0.1) is 0 Å². The third-order valence-electron chi connectivity index (χ3n) is 4.93. The number of ether oxygens (including phenoxy) is 1. The van der Waals surface area contributed by atoms with Crippen molar-refractivity contribution in [1.82, 2.24) is 19.7 Å². The van der Waals surface area contributed by atoms with E-state index in [-0.39, 0.29) is 11.4 Å². The number of alkyl halides is 5. The van der Waals surface area contributed by atoms with E-state index in [1.807, 2.05) is 0 Å². The van der Waals surface area contributed by atoms with Gasteiger partial charge in [0.1, 0.15) is 12.3 Å². The summed E-state index contributed by atoms with van der Waals surface area (Å²) in [5.41, 5.74) is 2.33. The fraction of sp³-hybridized carbons (Fsp3) is 0.300. The zero-order valence-electron chi connectivity index (χ0n) is 16.8. The van der Waals surface area contributed by atoms with E-state index in [1.165, 1.54) is 23.4 Å². The molecule has 3 aromatic heterocycles. The molecule has 0 fully saturated rings. The number of hydrogen-bond acceptors (Lipinski definition) is 5. The molecule has 7 nitrogen and oxygen atoms in total. The molecule has 0 saturated heterocycles. The van der Waals surface area contributed by atoms with E-state index in [1.54, 1.807) is 19.9 Å². The van der Waals surface area contributed by atoms with Crippen LogP contribution in [0.4, 0.5) is 27.6 Å². The van der Waals surface area contributed by atoms with Crippen LogP contribution in [0.5, 0.6) is 5.75 Å². The number of halogens is 5. The zero-order valence-corrected chi connectivity index (χ0v) is 16.8. The molecule has 3 aromatic rings. The number of carbonyl (C=O) groups excluding carboxylic acids is 1. The largest absolute Gasteiger partial charge is 0.433 e. The van der Waals surface area contributed by atoms with Crippen LogP contribution in [0, 0.1) is 6.92 Å². The number of carbonyl (C=O) groups is 1. The van der Waals surface area contributed by atoms with Gasteiger partial charge >= 0.3 is 12.8 Å². The predicted octanol–water partition coefficient (Wildman–Crippen LogP) is 4.53. The number of pyridine rings is 2. The van der Waals surface area contributed by atoms with Gasteiger partial charge in [0.15, 0.2) is 0 Å². The number of aromatic nitrogens is 4. The van der Waals surface area contributed by atoms with Crippen molar-refractivity contribution < 1.29 is 31.5 Å². The van der Waals surface area contributed by atoms with Gasteiger partial charge in [-0.05, 0) is 31.5 Å². The molecule has 168 valence electrons. The van der Waals surface area contributed by atoms with Crippen molar-refractivity contribution in [2.24, 2.45) is 0 Å². The lowest BCUT2D eigenvalue weighted by Crippen LogP contribution is -2.26. The van der Waals surface area contributed by atoms with Gasteiger partial charge in [0.05, 0.1) is 41.1 Å². The number of amides is 1. The number of fused-ring (bicyclic) bond motifs is 1. The second-order valence-electron chi connectivity index (χ2n) is 7.23. The maximum atomic E-state index is 13.1. The molecule has 0 spiro atoms. The summed E-state index contributed by atoms with van der Waals surface area (Å²) in [4.78, 5) is 22.8. The van der Waals surface area contributed by atoms with Gasteiger partial charge in [-0.2, -0.15) is 27.1 Å². The van der Waals surface area contributed by atoms with E-state index >= 15 is 0 Å². The van der Waals surface area contributed by atoms with E-state index in [9.17, 15) is 26.7 Å². The van der Waals surface area contributed by atoms with Gasteiger partial charge in [0, 0.05) is 18.0 Å². The number of hydrogen-bond donors (Lipinski definition) is 0. The first-order valence-corrected chi connectivity index (χ1v) is 9.38. The number of aryl methyl sites for hydroxylation is 1. The Morgan fingerprint density at radius 1 is 1.19 bits per heavy atom. The molecule has 1 aliphatic heterocycles. The quantitative estimate of drug-likeness (QED) is 0.531. The van der Waals surface area contributed by atoms with Crippen LogP contribution in [0.25, 0.3) is 11.3 Å². The first kappa shape index (κ1) is 21.7. The monoisotopic (exact) mass is 453 g/mol. The van der Waals surface area contributed by atoms with Crippen LogP contribution in [0.1, 0.15) is 34.6 Å². The van der Waals surface area contributed by atoms with Crippen molar-refractivity contribution in [3.8, 4) is 17.0 Å². The molecule has 12 heteroatoms. The molecule has 0 bridgehead atoms. The molecule has 0 radical (unpaired) electrons. The molecule has 32 heavy (non-hydrogen) atoms. The minimum atomic E-state index is -4.45. The summed E-state index contributed by atoms with van der Waals surface area (Å²) >= 11 is 0. The summed E-state index contributed by atoms with van der Waals surface area (Å²) in [5.74, 6) is -0.552. The van der Waals surface area contributed by atoms with Crippen LogP contribution in [-0.2, 0) is 6.54 Å². The van der Waals surface area contributed by atoms with Gasteiger partial charge in [0.2, 0.25) is 0 Å². The number of rotatable bonds is 5. The van der Waals surface area contributed by atoms with Gasteiger partial charge in [0.25, 0.3) is 5.91 Å². The molecule has 1 atom stereocenters. The Labute approximate surface area is 178 Å². The summed E-state index contributed by atoms with van der Waals surface area (Å²) < 4.78 is 68.0. The highest BCUT2D eigenvalue weighted by atomic mass is 19.4. The Kier molecular flexibility index (Phi) is 5.31. The third kappa shape index (κ3) is 4.12. The normalized spacial score (nSPS) is 16.1. The highest BCUT2D eigenvalue weighted by Gasteiger charge is 2.39. The maximum absolute atomic E-state index is 13.1. The summed E-state index contributed by atoms with van der Waals surface area (Å²) in [7, 11) is 0. The molecule has 0 unspecified atom stereocenters.